The molecule has 0 aliphatic carbocycles. The number of anilines is 2. The SMILES string of the molecule is Cc1ccccc1C(=O)Nc1ccc(C(=O)N2c3ccc(Cl)cc3C(OCC(=O)NC3CCNCC3)CCC2C)cc1.Cl. The zero-order valence-electron chi connectivity index (χ0n) is 24.4. The van der Waals surface area contributed by atoms with Gasteiger partial charge in [0.15, 0.2) is 0 Å². The highest BCUT2D eigenvalue weighted by Crippen LogP contribution is 2.39. The Balaban J connectivity index is 0.00000423. The average Bonchev–Trinajstić information content (AvgIpc) is 3.12. The molecule has 0 aromatic heterocycles. The van der Waals surface area contributed by atoms with Gasteiger partial charge in [0.2, 0.25) is 5.91 Å². The molecule has 5 rings (SSSR count). The normalized spacial score (nSPS) is 18.5. The third-order valence-corrected chi connectivity index (χ3v) is 8.24. The lowest BCUT2D eigenvalue weighted by molar-refractivity contribution is -0.128. The fraction of sp³-hybridized carbons (Fsp3) is 0.364. The molecule has 1 fully saturated rings. The van der Waals surface area contributed by atoms with Crippen LogP contribution in [0, 0.1) is 6.92 Å². The number of piperidine rings is 1. The van der Waals surface area contributed by atoms with Gasteiger partial charge in [0.1, 0.15) is 6.61 Å². The first-order valence-corrected chi connectivity index (χ1v) is 14.9. The van der Waals surface area contributed by atoms with Crippen LogP contribution >= 0.6 is 24.0 Å². The lowest BCUT2D eigenvalue weighted by atomic mass is 10.0. The Morgan fingerprint density at radius 2 is 1.70 bits per heavy atom. The quantitative estimate of drug-likeness (QED) is 0.296. The maximum atomic E-state index is 13.9. The molecule has 2 aliphatic rings. The minimum Gasteiger partial charge on any atom is -0.364 e. The van der Waals surface area contributed by atoms with E-state index in [1.165, 1.54) is 0 Å². The molecule has 0 saturated carbocycles. The van der Waals surface area contributed by atoms with E-state index in [1.807, 2.05) is 44.2 Å². The Morgan fingerprint density at radius 1 is 0.977 bits per heavy atom. The first-order valence-electron chi connectivity index (χ1n) is 14.5. The van der Waals surface area contributed by atoms with Crippen LogP contribution in [0.2, 0.25) is 5.02 Å². The molecule has 1 saturated heterocycles. The van der Waals surface area contributed by atoms with E-state index in [0.29, 0.717) is 34.7 Å². The van der Waals surface area contributed by atoms with Crippen molar-refractivity contribution in [3.05, 3.63) is 94.0 Å². The number of hydrogen-bond donors (Lipinski definition) is 3. The highest BCUT2D eigenvalue weighted by Gasteiger charge is 2.32. The fourth-order valence-electron chi connectivity index (χ4n) is 5.67. The maximum absolute atomic E-state index is 13.9. The van der Waals surface area contributed by atoms with Gasteiger partial charge in [0, 0.05) is 39.5 Å². The Hall–Kier alpha value is -3.43. The monoisotopic (exact) mass is 624 g/mol. The summed E-state index contributed by atoms with van der Waals surface area (Å²) in [6.45, 7) is 5.64. The number of carbonyl (C=O) groups excluding carboxylic acids is 3. The maximum Gasteiger partial charge on any atom is 0.258 e. The number of amides is 3. The number of hydrogen-bond acceptors (Lipinski definition) is 5. The molecule has 0 radical (unpaired) electrons. The van der Waals surface area contributed by atoms with Crippen LogP contribution in [0.3, 0.4) is 0 Å². The summed E-state index contributed by atoms with van der Waals surface area (Å²) >= 11 is 6.40. The number of aryl methyl sites for hydroxylation is 1. The van der Waals surface area contributed by atoms with Crippen LogP contribution in [0.15, 0.2) is 66.7 Å². The third kappa shape index (κ3) is 7.95. The van der Waals surface area contributed by atoms with Gasteiger partial charge in [-0.2, -0.15) is 0 Å². The van der Waals surface area contributed by atoms with Gasteiger partial charge < -0.3 is 25.6 Å². The van der Waals surface area contributed by atoms with Crippen LogP contribution in [-0.2, 0) is 9.53 Å². The van der Waals surface area contributed by atoms with Crippen molar-refractivity contribution < 1.29 is 19.1 Å². The van der Waals surface area contributed by atoms with E-state index >= 15 is 0 Å². The van der Waals surface area contributed by atoms with Crippen LogP contribution < -0.4 is 20.9 Å². The number of fused-ring (bicyclic) bond motifs is 1. The Morgan fingerprint density at radius 3 is 2.42 bits per heavy atom. The van der Waals surface area contributed by atoms with Gasteiger partial charge in [0.25, 0.3) is 11.8 Å². The van der Waals surface area contributed by atoms with Crippen molar-refractivity contribution in [3.8, 4) is 0 Å². The number of rotatable bonds is 7. The highest BCUT2D eigenvalue weighted by atomic mass is 35.5. The zero-order valence-corrected chi connectivity index (χ0v) is 26.0. The van der Waals surface area contributed by atoms with Gasteiger partial charge in [-0.1, -0.05) is 29.8 Å². The van der Waals surface area contributed by atoms with Crippen LogP contribution in [0.4, 0.5) is 11.4 Å². The molecule has 2 atom stereocenters. The van der Waals surface area contributed by atoms with Crippen molar-refractivity contribution in [2.75, 3.05) is 29.9 Å². The molecule has 43 heavy (non-hydrogen) atoms. The number of benzene rings is 3. The second-order valence-corrected chi connectivity index (χ2v) is 11.5. The number of carbonyl (C=O) groups is 3. The summed E-state index contributed by atoms with van der Waals surface area (Å²) in [5.41, 5.74) is 4.10. The van der Waals surface area contributed by atoms with Gasteiger partial charge in [-0.05, 0) is 107 Å². The molecular weight excluding hydrogens is 587 g/mol. The van der Waals surface area contributed by atoms with Gasteiger partial charge >= 0.3 is 0 Å². The summed E-state index contributed by atoms with van der Waals surface area (Å²) in [7, 11) is 0. The third-order valence-electron chi connectivity index (χ3n) is 8.00. The summed E-state index contributed by atoms with van der Waals surface area (Å²) in [5.74, 6) is -0.493. The van der Waals surface area contributed by atoms with E-state index in [0.717, 1.165) is 42.7 Å². The van der Waals surface area contributed by atoms with Crippen molar-refractivity contribution >= 4 is 53.1 Å². The van der Waals surface area contributed by atoms with E-state index in [-0.39, 0.29) is 54.9 Å². The molecule has 228 valence electrons. The van der Waals surface area contributed by atoms with Crippen LogP contribution in [0.25, 0.3) is 0 Å². The molecule has 8 nitrogen and oxygen atoms in total. The lowest BCUT2D eigenvalue weighted by Gasteiger charge is -2.29. The van der Waals surface area contributed by atoms with Crippen LogP contribution in [-0.4, -0.2) is 49.5 Å². The number of halogens is 2. The number of nitrogens with one attached hydrogen (secondary N) is 3. The summed E-state index contributed by atoms with van der Waals surface area (Å²) in [6, 6.07) is 19.8. The average molecular weight is 626 g/mol. The highest BCUT2D eigenvalue weighted by molar-refractivity contribution is 6.30. The minimum absolute atomic E-state index is 0. The second-order valence-electron chi connectivity index (χ2n) is 11.0. The number of nitrogens with zero attached hydrogens (tertiary/aromatic N) is 1. The van der Waals surface area contributed by atoms with Gasteiger partial charge in [-0.25, -0.2) is 0 Å². The second kappa shape index (κ2) is 14.8. The van der Waals surface area contributed by atoms with Gasteiger partial charge in [-0.3, -0.25) is 14.4 Å². The summed E-state index contributed by atoms with van der Waals surface area (Å²) in [4.78, 5) is 41.1. The molecule has 0 bridgehead atoms. The van der Waals surface area contributed by atoms with E-state index in [2.05, 4.69) is 16.0 Å². The standard InChI is InChI=1S/C33H37ClN4O4.ClH/c1-21-5-3-4-6-27(21)32(40)37-25-11-8-23(9-12-25)33(41)38-22(2)7-14-30(28-19-24(34)10-13-29(28)38)42-20-31(39)36-26-15-17-35-18-16-26;/h3-6,8-13,19,22,26,30,35H,7,14-18,20H2,1-2H3,(H,36,39)(H,37,40);1H. The molecule has 10 heteroatoms. The Kier molecular flexibility index (Phi) is 11.2. The lowest BCUT2D eigenvalue weighted by Crippen LogP contribution is -2.44. The van der Waals surface area contributed by atoms with E-state index < -0.39 is 0 Å². The molecular formula is C33H38Cl2N4O4. The topological polar surface area (TPSA) is 99.8 Å². The van der Waals surface area contributed by atoms with E-state index in [9.17, 15) is 14.4 Å². The molecule has 0 spiro atoms. The van der Waals surface area contributed by atoms with Crippen molar-refractivity contribution in [1.29, 1.82) is 0 Å². The first kappa shape index (κ1) is 32.5. The molecule has 3 aromatic carbocycles. The minimum atomic E-state index is -0.378. The molecule has 3 N–H and O–H groups in total. The van der Waals surface area contributed by atoms with Crippen molar-refractivity contribution in [1.82, 2.24) is 10.6 Å². The predicted molar refractivity (Wildman–Crippen MR) is 173 cm³/mol. The van der Waals surface area contributed by atoms with Crippen molar-refractivity contribution in [2.45, 2.75) is 57.7 Å². The van der Waals surface area contributed by atoms with Crippen LogP contribution in [0.5, 0.6) is 0 Å². The van der Waals surface area contributed by atoms with Gasteiger partial charge in [-0.15, -0.1) is 12.4 Å². The van der Waals surface area contributed by atoms with E-state index in [1.54, 1.807) is 41.3 Å². The van der Waals surface area contributed by atoms with Crippen molar-refractivity contribution in [2.24, 2.45) is 0 Å². The van der Waals surface area contributed by atoms with E-state index in [4.69, 9.17) is 16.3 Å². The van der Waals surface area contributed by atoms with Crippen molar-refractivity contribution in [3.63, 3.8) is 0 Å². The number of ether oxygens (including phenoxy) is 1. The molecule has 3 aromatic rings. The largest absolute Gasteiger partial charge is 0.364 e. The smallest absolute Gasteiger partial charge is 0.258 e. The summed E-state index contributed by atoms with van der Waals surface area (Å²) in [6.07, 6.45) is 2.76. The molecule has 2 heterocycles. The summed E-state index contributed by atoms with van der Waals surface area (Å²) in [5, 5.41) is 9.82. The molecule has 2 aliphatic heterocycles. The Bertz CT molecular complexity index is 1440. The molecule has 2 unspecified atom stereocenters. The first-order chi connectivity index (χ1) is 20.3. The van der Waals surface area contributed by atoms with Gasteiger partial charge in [0.05, 0.1) is 11.8 Å². The summed E-state index contributed by atoms with van der Waals surface area (Å²) < 4.78 is 6.16. The fourth-order valence-corrected chi connectivity index (χ4v) is 5.85. The van der Waals surface area contributed by atoms with Crippen LogP contribution in [0.1, 0.15) is 70.6 Å². The molecule has 3 amide bonds. The predicted octanol–water partition coefficient (Wildman–Crippen LogP) is 6.08. The Labute approximate surface area is 263 Å². The zero-order chi connectivity index (χ0) is 29.6.